The Labute approximate surface area is 320 Å². The van der Waals surface area contributed by atoms with Gasteiger partial charge in [-0.1, -0.05) is 12.8 Å². The van der Waals surface area contributed by atoms with Crippen molar-refractivity contribution in [1.82, 2.24) is 4.57 Å². The van der Waals surface area contributed by atoms with Gasteiger partial charge in [0.15, 0.2) is 0 Å². The Hall–Kier alpha value is -3.45. The van der Waals surface area contributed by atoms with Crippen molar-refractivity contribution in [2.45, 2.75) is 57.8 Å². The van der Waals surface area contributed by atoms with Gasteiger partial charge in [-0.15, -0.1) is 11.8 Å². The van der Waals surface area contributed by atoms with Crippen LogP contribution in [0.5, 0.6) is 11.5 Å². The molecular weight excluding hydrogens is 752 g/mol. The normalized spacial score (nSPS) is 13.8. The van der Waals surface area contributed by atoms with Crippen LogP contribution < -0.4 is 36.8 Å². The fraction of sp³-hybridized carbons (Fsp3) is 0.450. The van der Waals surface area contributed by atoms with Gasteiger partial charge < -0.3 is 45.1 Å². The van der Waals surface area contributed by atoms with E-state index in [2.05, 4.69) is 7.05 Å². The number of quaternary nitrogens is 1. The lowest BCUT2D eigenvalue weighted by molar-refractivity contribution is -0.917. The quantitative estimate of drug-likeness (QED) is 0.0826. The third-order valence-electron chi connectivity index (χ3n) is 9.35. The Morgan fingerprint density at radius 3 is 2.15 bits per heavy atom. The highest BCUT2D eigenvalue weighted by atomic mass is 79.9. The molecule has 1 aliphatic rings. The molecule has 1 aliphatic heterocycles. The molecule has 1 saturated heterocycles. The van der Waals surface area contributed by atoms with E-state index in [0.717, 1.165) is 72.5 Å². The molecule has 0 radical (unpaired) electrons. The number of likely N-dealkylation sites (N-methyl/N-ethyl adjacent to an activating group) is 1. The predicted molar refractivity (Wildman–Crippen MR) is 201 cm³/mol. The summed E-state index contributed by atoms with van der Waals surface area (Å²) in [5.41, 5.74) is 0.703. The molecule has 0 atom stereocenters. The first-order chi connectivity index (χ1) is 24.6. The lowest BCUT2D eigenvalue weighted by Crippen LogP contribution is -3.00. The van der Waals surface area contributed by atoms with Crippen molar-refractivity contribution in [3.63, 3.8) is 0 Å². The van der Waals surface area contributed by atoms with Crippen LogP contribution in [-0.4, -0.2) is 80.4 Å². The van der Waals surface area contributed by atoms with E-state index < -0.39 is 23.0 Å². The number of anilines is 1. The Morgan fingerprint density at radius 1 is 0.885 bits per heavy atom. The molecule has 0 saturated carbocycles. The Kier molecular flexibility index (Phi) is 15.6. The minimum absolute atomic E-state index is 0. The van der Waals surface area contributed by atoms with Gasteiger partial charge in [0.1, 0.15) is 41.8 Å². The number of carbonyl (C=O) groups is 1. The molecule has 5 rings (SSSR count). The number of rotatable bonds is 17. The van der Waals surface area contributed by atoms with Crippen molar-refractivity contribution in [1.29, 1.82) is 0 Å². The number of nitrogens with zero attached hydrogens (tertiary/aromatic N) is 3. The minimum Gasteiger partial charge on any atom is -1.00 e. The highest BCUT2D eigenvalue weighted by Crippen LogP contribution is 2.31. The van der Waals surface area contributed by atoms with Crippen LogP contribution in [0.3, 0.4) is 0 Å². The molecule has 8 nitrogen and oxygen atoms in total. The number of hydrogen-bond acceptors (Lipinski definition) is 6. The van der Waals surface area contributed by atoms with E-state index in [-0.39, 0.29) is 34.8 Å². The molecule has 52 heavy (non-hydrogen) atoms. The number of hydrogen-bond donors (Lipinski definition) is 0. The fourth-order valence-corrected chi connectivity index (χ4v) is 7.51. The van der Waals surface area contributed by atoms with Gasteiger partial charge in [-0.05, 0) is 76.1 Å². The summed E-state index contributed by atoms with van der Waals surface area (Å²) in [5.74, 6) is -0.180. The van der Waals surface area contributed by atoms with Crippen LogP contribution in [0.1, 0.15) is 63.2 Å². The number of fused-ring (bicyclic) bond motifs is 1. The van der Waals surface area contributed by atoms with Gasteiger partial charge in [0.25, 0.3) is 5.91 Å². The van der Waals surface area contributed by atoms with E-state index in [1.807, 2.05) is 38.1 Å². The highest BCUT2D eigenvalue weighted by Gasteiger charge is 2.25. The number of amides is 1. The van der Waals surface area contributed by atoms with Crippen molar-refractivity contribution < 1.29 is 49.3 Å². The maximum absolute atomic E-state index is 14.2. The number of carbonyl (C=O) groups excluding carboxylic acids is 1. The highest BCUT2D eigenvalue weighted by molar-refractivity contribution is 7.99. The van der Waals surface area contributed by atoms with Crippen molar-refractivity contribution >= 4 is 34.3 Å². The van der Waals surface area contributed by atoms with Gasteiger partial charge in [-0.25, -0.2) is 8.78 Å². The Bertz CT molecular complexity index is 1820. The third kappa shape index (κ3) is 10.6. The summed E-state index contributed by atoms with van der Waals surface area (Å²) < 4.78 is 48.5. The van der Waals surface area contributed by atoms with Crippen LogP contribution in [0.25, 0.3) is 16.6 Å². The van der Waals surface area contributed by atoms with Crippen LogP contribution in [0.15, 0.2) is 70.5 Å². The van der Waals surface area contributed by atoms with Crippen molar-refractivity contribution in [2.24, 2.45) is 0 Å². The predicted octanol–water partition coefficient (Wildman–Crippen LogP) is 5.26. The Balaban J connectivity index is 0.00000605. The van der Waals surface area contributed by atoms with Gasteiger partial charge in [0, 0.05) is 53.0 Å². The van der Waals surface area contributed by atoms with Gasteiger partial charge in [0.2, 0.25) is 5.43 Å². The molecule has 0 aliphatic carbocycles. The maximum Gasteiger partial charge on any atom is 0.263 e. The molecule has 0 bridgehead atoms. The Morgan fingerprint density at radius 2 is 1.52 bits per heavy atom. The summed E-state index contributed by atoms with van der Waals surface area (Å²) in [5, 5.41) is 0.350. The number of ether oxygens (including phenoxy) is 3. The van der Waals surface area contributed by atoms with Crippen molar-refractivity contribution in [2.75, 3.05) is 70.3 Å². The molecule has 1 amide bonds. The van der Waals surface area contributed by atoms with Crippen molar-refractivity contribution in [3.05, 3.63) is 88.2 Å². The molecule has 282 valence electrons. The van der Waals surface area contributed by atoms with Crippen molar-refractivity contribution in [3.8, 4) is 17.2 Å². The number of thioether (sulfide) groups is 1. The van der Waals surface area contributed by atoms with Crippen LogP contribution in [0, 0.1) is 11.6 Å². The maximum atomic E-state index is 14.2. The van der Waals surface area contributed by atoms with Crippen LogP contribution in [0.2, 0.25) is 0 Å². The summed E-state index contributed by atoms with van der Waals surface area (Å²) >= 11 is 1.74. The van der Waals surface area contributed by atoms with E-state index in [1.165, 1.54) is 36.9 Å². The lowest BCUT2D eigenvalue weighted by atomic mass is 10.1. The summed E-state index contributed by atoms with van der Waals surface area (Å²) in [7, 11) is 2.34. The molecule has 1 fully saturated rings. The molecule has 0 spiro atoms. The minimum atomic E-state index is -0.812. The molecular formula is C40H50BrF2N3O5S. The summed E-state index contributed by atoms with van der Waals surface area (Å²) in [6, 6.07) is 14.1. The SMILES string of the molecule is CCOc1cc(OCC)cc(-n2cc(C(=O)N(CC)c3cc(F)cc(F)c3)c(=O)c3ccc(SCCCCCCC[N+]4(C)CCOCC4)cc32)c1.[Br-]. The first kappa shape index (κ1) is 41.3. The average molecular weight is 803 g/mol. The smallest absolute Gasteiger partial charge is 0.263 e. The van der Waals surface area contributed by atoms with E-state index in [9.17, 15) is 18.4 Å². The molecule has 0 N–H and O–H groups in total. The van der Waals surface area contributed by atoms with E-state index >= 15 is 0 Å². The van der Waals surface area contributed by atoms with Crippen LogP contribution >= 0.6 is 11.8 Å². The van der Waals surface area contributed by atoms with Gasteiger partial charge in [0.05, 0.1) is 51.2 Å². The molecule has 1 aromatic heterocycles. The average Bonchev–Trinajstić information content (AvgIpc) is 3.10. The number of benzene rings is 3. The van der Waals surface area contributed by atoms with E-state index in [4.69, 9.17) is 14.2 Å². The summed E-state index contributed by atoms with van der Waals surface area (Å²) in [4.78, 5) is 30.3. The topological polar surface area (TPSA) is 70.0 Å². The van der Waals surface area contributed by atoms with Gasteiger partial charge in [-0.2, -0.15) is 0 Å². The summed E-state index contributed by atoms with van der Waals surface area (Å²) in [6.07, 6.45) is 7.44. The molecule has 0 unspecified atom stereocenters. The largest absolute Gasteiger partial charge is 1.00 e. The van der Waals surface area contributed by atoms with Crippen LogP contribution in [-0.2, 0) is 4.74 Å². The zero-order chi connectivity index (χ0) is 36.4. The van der Waals surface area contributed by atoms with Crippen LogP contribution in [0.4, 0.5) is 14.5 Å². The summed E-state index contributed by atoms with van der Waals surface area (Å²) in [6.45, 7) is 11.6. The monoisotopic (exact) mass is 801 g/mol. The first-order valence-corrected chi connectivity index (χ1v) is 19.1. The zero-order valence-electron chi connectivity index (χ0n) is 30.6. The van der Waals surface area contributed by atoms with E-state index in [0.29, 0.717) is 41.3 Å². The number of unbranched alkanes of at least 4 members (excludes halogenated alkanes) is 4. The number of pyridine rings is 1. The lowest BCUT2D eigenvalue weighted by Gasteiger charge is -2.37. The fourth-order valence-electron chi connectivity index (χ4n) is 6.56. The molecule has 12 heteroatoms. The molecule has 4 aromatic rings. The zero-order valence-corrected chi connectivity index (χ0v) is 33.0. The standard InChI is InChI=1S/C40H50F2N3O5S.BrH/c1-5-43(31-22-29(41)21-30(42)23-31)40(47)37-28-44(32-24-33(49-6-2)26-34(25-32)50-7-3)38-27-35(13-14-36(38)39(37)46)51-20-12-10-8-9-11-15-45(4)16-18-48-19-17-45;/h13-14,21-28H,5-12,15-20H2,1-4H3;1H/q+1;/p-1. The first-order valence-electron chi connectivity index (χ1n) is 18.1. The second-order valence-electron chi connectivity index (χ2n) is 13.1. The third-order valence-corrected chi connectivity index (χ3v) is 10.4. The molecule has 2 heterocycles. The number of aromatic nitrogens is 1. The second kappa shape index (κ2) is 19.6. The number of morpholine rings is 1. The van der Waals surface area contributed by atoms with E-state index in [1.54, 1.807) is 35.4 Å². The second-order valence-corrected chi connectivity index (χ2v) is 14.3. The number of halogens is 3. The van der Waals surface area contributed by atoms with Gasteiger partial charge >= 0.3 is 0 Å². The molecule has 3 aromatic carbocycles. The van der Waals surface area contributed by atoms with Gasteiger partial charge in [-0.3, -0.25) is 9.59 Å².